The summed E-state index contributed by atoms with van der Waals surface area (Å²) in [7, 11) is 0. The van der Waals surface area contributed by atoms with Crippen molar-refractivity contribution < 1.29 is 20.1 Å². The van der Waals surface area contributed by atoms with Gasteiger partial charge in [0.25, 0.3) is 0 Å². The monoisotopic (exact) mass is 257 g/mol. The van der Waals surface area contributed by atoms with Crippen molar-refractivity contribution >= 4 is 5.97 Å². The standard InChI is InChI=1S/C13H23NO4/c15-11(9-1-2-9)7-14-8-13(18)5-3-10(4-6-13)12(16)17/h9-11,14-15,18H,1-8H2,(H,16,17). The average molecular weight is 257 g/mol. The van der Waals surface area contributed by atoms with Gasteiger partial charge in [-0.1, -0.05) is 0 Å². The molecule has 2 aliphatic rings. The number of aliphatic hydroxyl groups is 2. The number of carbonyl (C=O) groups is 1. The van der Waals surface area contributed by atoms with Crippen LogP contribution in [0.2, 0.25) is 0 Å². The molecule has 0 aliphatic heterocycles. The van der Waals surface area contributed by atoms with Crippen LogP contribution in [0.4, 0.5) is 0 Å². The summed E-state index contributed by atoms with van der Waals surface area (Å²) in [6.07, 6.45) is 4.04. The summed E-state index contributed by atoms with van der Waals surface area (Å²) in [5.41, 5.74) is -0.796. The van der Waals surface area contributed by atoms with Crippen molar-refractivity contribution in [2.24, 2.45) is 11.8 Å². The van der Waals surface area contributed by atoms with Crippen molar-refractivity contribution in [1.82, 2.24) is 5.32 Å². The second kappa shape index (κ2) is 5.55. The highest BCUT2D eigenvalue weighted by molar-refractivity contribution is 5.70. The first-order chi connectivity index (χ1) is 8.50. The van der Waals surface area contributed by atoms with Crippen molar-refractivity contribution in [2.75, 3.05) is 13.1 Å². The molecule has 1 atom stereocenters. The van der Waals surface area contributed by atoms with Gasteiger partial charge in [-0.2, -0.15) is 0 Å². The van der Waals surface area contributed by atoms with Gasteiger partial charge in [0, 0.05) is 13.1 Å². The lowest BCUT2D eigenvalue weighted by Crippen LogP contribution is -2.46. The predicted octanol–water partition coefficient (Wildman–Crippen LogP) is 0.353. The lowest BCUT2D eigenvalue weighted by Gasteiger charge is -2.35. The number of hydrogen-bond donors (Lipinski definition) is 4. The number of rotatable bonds is 6. The van der Waals surface area contributed by atoms with E-state index in [4.69, 9.17) is 5.11 Å². The van der Waals surface area contributed by atoms with E-state index in [2.05, 4.69) is 5.32 Å². The first-order valence-electron chi connectivity index (χ1n) is 6.84. The van der Waals surface area contributed by atoms with E-state index in [1.165, 1.54) is 0 Å². The molecule has 1 unspecified atom stereocenters. The van der Waals surface area contributed by atoms with Crippen LogP contribution in [0.25, 0.3) is 0 Å². The van der Waals surface area contributed by atoms with Crippen LogP contribution in [0.5, 0.6) is 0 Å². The largest absolute Gasteiger partial charge is 0.481 e. The first-order valence-corrected chi connectivity index (χ1v) is 6.84. The molecular formula is C13H23NO4. The molecule has 0 aromatic rings. The van der Waals surface area contributed by atoms with E-state index in [0.29, 0.717) is 44.7 Å². The Kier molecular flexibility index (Phi) is 4.25. The fourth-order valence-corrected chi connectivity index (χ4v) is 2.68. The number of nitrogens with one attached hydrogen (secondary N) is 1. The molecule has 0 radical (unpaired) electrons. The maximum atomic E-state index is 10.8. The Labute approximate surface area is 107 Å². The molecule has 0 bridgehead atoms. The highest BCUT2D eigenvalue weighted by atomic mass is 16.4. The molecule has 2 saturated carbocycles. The first kappa shape index (κ1) is 13.8. The molecule has 0 aromatic carbocycles. The van der Waals surface area contributed by atoms with Gasteiger partial charge >= 0.3 is 5.97 Å². The zero-order valence-corrected chi connectivity index (χ0v) is 10.6. The zero-order chi connectivity index (χ0) is 13.2. The lowest BCUT2D eigenvalue weighted by molar-refractivity contribution is -0.144. The van der Waals surface area contributed by atoms with Crippen molar-refractivity contribution in [3.8, 4) is 0 Å². The summed E-state index contributed by atoms with van der Waals surface area (Å²) in [4.78, 5) is 10.8. The fraction of sp³-hybridized carbons (Fsp3) is 0.923. The Hall–Kier alpha value is -0.650. The Morgan fingerprint density at radius 1 is 1.28 bits per heavy atom. The molecule has 2 fully saturated rings. The van der Waals surface area contributed by atoms with E-state index < -0.39 is 11.6 Å². The van der Waals surface area contributed by atoms with E-state index in [1.54, 1.807) is 0 Å². The van der Waals surface area contributed by atoms with E-state index in [0.717, 1.165) is 12.8 Å². The summed E-state index contributed by atoms with van der Waals surface area (Å²) in [5, 5.41) is 32.0. The van der Waals surface area contributed by atoms with Gasteiger partial charge in [0.1, 0.15) is 0 Å². The van der Waals surface area contributed by atoms with E-state index >= 15 is 0 Å². The lowest BCUT2D eigenvalue weighted by atomic mass is 9.79. The Balaban J connectivity index is 1.67. The van der Waals surface area contributed by atoms with Gasteiger partial charge in [-0.3, -0.25) is 4.79 Å². The maximum absolute atomic E-state index is 10.8. The summed E-state index contributed by atoms with van der Waals surface area (Å²) >= 11 is 0. The van der Waals surface area contributed by atoms with Crippen LogP contribution in [0, 0.1) is 11.8 Å². The molecular weight excluding hydrogens is 234 g/mol. The number of carboxylic acid groups (broad SMARTS) is 1. The topological polar surface area (TPSA) is 89.8 Å². The molecule has 4 N–H and O–H groups in total. The number of aliphatic carboxylic acids is 1. The van der Waals surface area contributed by atoms with Crippen molar-refractivity contribution in [3.63, 3.8) is 0 Å². The minimum absolute atomic E-state index is 0.302. The van der Waals surface area contributed by atoms with Gasteiger partial charge < -0.3 is 20.6 Å². The van der Waals surface area contributed by atoms with Gasteiger partial charge in [0.2, 0.25) is 0 Å². The Morgan fingerprint density at radius 2 is 1.89 bits per heavy atom. The smallest absolute Gasteiger partial charge is 0.306 e. The molecule has 2 rings (SSSR count). The molecule has 18 heavy (non-hydrogen) atoms. The van der Waals surface area contributed by atoms with Gasteiger partial charge in [0.05, 0.1) is 17.6 Å². The number of aliphatic hydroxyl groups excluding tert-OH is 1. The van der Waals surface area contributed by atoms with Gasteiger partial charge in [-0.15, -0.1) is 0 Å². The third kappa shape index (κ3) is 3.67. The Bertz CT molecular complexity index is 295. The van der Waals surface area contributed by atoms with Gasteiger partial charge in [-0.05, 0) is 44.4 Å². The summed E-state index contributed by atoms with van der Waals surface area (Å²) in [5.74, 6) is -0.619. The van der Waals surface area contributed by atoms with Crippen LogP contribution in [0.1, 0.15) is 38.5 Å². The number of carboxylic acids is 1. The van der Waals surface area contributed by atoms with Crippen molar-refractivity contribution in [2.45, 2.75) is 50.2 Å². The van der Waals surface area contributed by atoms with Gasteiger partial charge in [-0.25, -0.2) is 0 Å². The number of hydrogen-bond acceptors (Lipinski definition) is 4. The average Bonchev–Trinajstić information content (AvgIpc) is 3.13. The molecule has 2 aliphatic carbocycles. The minimum Gasteiger partial charge on any atom is -0.481 e. The highest BCUT2D eigenvalue weighted by Gasteiger charge is 2.36. The normalized spacial score (nSPS) is 34.2. The quantitative estimate of drug-likeness (QED) is 0.551. The molecule has 104 valence electrons. The van der Waals surface area contributed by atoms with E-state index in [9.17, 15) is 15.0 Å². The summed E-state index contributed by atoms with van der Waals surface area (Å²) in [6.45, 7) is 0.971. The zero-order valence-electron chi connectivity index (χ0n) is 10.6. The molecule has 0 saturated heterocycles. The van der Waals surface area contributed by atoms with E-state index in [-0.39, 0.29) is 12.0 Å². The third-order valence-corrected chi connectivity index (χ3v) is 4.24. The molecule has 5 nitrogen and oxygen atoms in total. The van der Waals surface area contributed by atoms with Crippen LogP contribution in [-0.4, -0.2) is 46.1 Å². The molecule has 5 heteroatoms. The predicted molar refractivity (Wildman–Crippen MR) is 66.1 cm³/mol. The highest BCUT2D eigenvalue weighted by Crippen LogP contribution is 2.33. The van der Waals surface area contributed by atoms with Crippen molar-refractivity contribution in [1.29, 1.82) is 0 Å². The Morgan fingerprint density at radius 3 is 2.39 bits per heavy atom. The van der Waals surface area contributed by atoms with E-state index in [1.807, 2.05) is 0 Å². The fourth-order valence-electron chi connectivity index (χ4n) is 2.68. The van der Waals surface area contributed by atoms with Gasteiger partial charge in [0.15, 0.2) is 0 Å². The SMILES string of the molecule is O=C(O)C1CCC(O)(CNCC(O)C2CC2)CC1. The second-order valence-corrected chi connectivity index (χ2v) is 5.87. The molecule has 0 aromatic heterocycles. The van der Waals surface area contributed by atoms with Crippen LogP contribution in [-0.2, 0) is 4.79 Å². The maximum Gasteiger partial charge on any atom is 0.306 e. The van der Waals surface area contributed by atoms with Crippen LogP contribution < -0.4 is 5.32 Å². The molecule has 0 spiro atoms. The van der Waals surface area contributed by atoms with Crippen molar-refractivity contribution in [3.05, 3.63) is 0 Å². The minimum atomic E-state index is -0.796. The molecule has 0 amide bonds. The summed E-state index contributed by atoms with van der Waals surface area (Å²) < 4.78 is 0. The molecule has 0 heterocycles. The second-order valence-electron chi connectivity index (χ2n) is 5.87. The third-order valence-electron chi connectivity index (χ3n) is 4.24. The van der Waals surface area contributed by atoms with Crippen LogP contribution in [0.3, 0.4) is 0 Å². The summed E-state index contributed by atoms with van der Waals surface area (Å²) in [6, 6.07) is 0. The van der Waals surface area contributed by atoms with Crippen LogP contribution >= 0.6 is 0 Å². The van der Waals surface area contributed by atoms with Crippen LogP contribution in [0.15, 0.2) is 0 Å².